The molecule has 2 aliphatic heterocycles. The van der Waals surface area contributed by atoms with Crippen molar-refractivity contribution in [1.82, 2.24) is 14.9 Å². The van der Waals surface area contributed by atoms with E-state index in [1.165, 1.54) is 0 Å². The molecule has 142 valence electrons. The van der Waals surface area contributed by atoms with Crippen LogP contribution in [0.4, 0.5) is 5.82 Å². The average Bonchev–Trinajstić information content (AvgIpc) is 3.31. The van der Waals surface area contributed by atoms with E-state index in [0.717, 1.165) is 23.6 Å². The summed E-state index contributed by atoms with van der Waals surface area (Å²) in [6, 6.07) is 5.61. The summed E-state index contributed by atoms with van der Waals surface area (Å²) >= 11 is 0. The van der Waals surface area contributed by atoms with Gasteiger partial charge in [0.2, 0.25) is 18.6 Å². The standard InChI is InChI=1S/C19H22N4O4/c1-22(2)17-9-20-10-18(21-17)27-14-5-6-23(11-14)19(24)8-13-3-4-15-16(7-13)26-12-25-15/h3-4,7,9-10,14H,5-6,8,11-12H2,1-2H3/t14-/m1/s1. The van der Waals surface area contributed by atoms with Crippen LogP contribution in [0.2, 0.25) is 0 Å². The van der Waals surface area contributed by atoms with Crippen LogP contribution in [0.25, 0.3) is 0 Å². The third kappa shape index (κ3) is 3.89. The van der Waals surface area contributed by atoms with Crippen LogP contribution in [0, 0.1) is 0 Å². The highest BCUT2D eigenvalue weighted by Crippen LogP contribution is 2.32. The van der Waals surface area contributed by atoms with E-state index in [-0.39, 0.29) is 18.8 Å². The highest BCUT2D eigenvalue weighted by atomic mass is 16.7. The highest BCUT2D eigenvalue weighted by Gasteiger charge is 2.28. The second kappa shape index (κ2) is 7.30. The predicted molar refractivity (Wildman–Crippen MR) is 98.2 cm³/mol. The van der Waals surface area contributed by atoms with E-state index >= 15 is 0 Å². The smallest absolute Gasteiger partial charge is 0.234 e. The number of aromatic nitrogens is 2. The number of anilines is 1. The van der Waals surface area contributed by atoms with E-state index in [2.05, 4.69) is 9.97 Å². The fraction of sp³-hybridized carbons (Fsp3) is 0.421. The molecular weight excluding hydrogens is 348 g/mol. The van der Waals surface area contributed by atoms with Crippen LogP contribution in [0.1, 0.15) is 12.0 Å². The van der Waals surface area contributed by atoms with Gasteiger partial charge in [0.25, 0.3) is 0 Å². The van der Waals surface area contributed by atoms with Gasteiger partial charge in [-0.15, -0.1) is 0 Å². The number of carbonyl (C=O) groups excluding carboxylic acids is 1. The van der Waals surface area contributed by atoms with Crippen molar-refractivity contribution < 1.29 is 19.0 Å². The number of hydrogen-bond acceptors (Lipinski definition) is 7. The minimum absolute atomic E-state index is 0.0718. The molecule has 0 bridgehead atoms. The Morgan fingerprint density at radius 3 is 3.00 bits per heavy atom. The number of nitrogens with zero attached hydrogens (tertiary/aromatic N) is 4. The summed E-state index contributed by atoms with van der Waals surface area (Å²) in [6.07, 6.45) is 4.32. The topological polar surface area (TPSA) is 77.0 Å². The molecule has 1 atom stereocenters. The molecule has 2 aromatic rings. The monoisotopic (exact) mass is 370 g/mol. The molecule has 0 saturated carbocycles. The second-order valence-electron chi connectivity index (χ2n) is 6.84. The molecular formula is C19H22N4O4. The number of amides is 1. The van der Waals surface area contributed by atoms with Gasteiger partial charge in [0, 0.05) is 27.1 Å². The molecule has 1 fully saturated rings. The van der Waals surface area contributed by atoms with Gasteiger partial charge < -0.3 is 24.0 Å². The molecule has 0 aliphatic carbocycles. The van der Waals surface area contributed by atoms with Gasteiger partial charge in [-0.25, -0.2) is 0 Å². The molecule has 1 aromatic heterocycles. The number of ether oxygens (including phenoxy) is 3. The van der Waals surface area contributed by atoms with Crippen molar-refractivity contribution in [2.75, 3.05) is 38.9 Å². The van der Waals surface area contributed by atoms with Crippen LogP contribution in [-0.2, 0) is 11.2 Å². The van der Waals surface area contributed by atoms with Gasteiger partial charge in [-0.2, -0.15) is 4.98 Å². The van der Waals surface area contributed by atoms with E-state index in [4.69, 9.17) is 14.2 Å². The molecule has 3 heterocycles. The van der Waals surface area contributed by atoms with Crippen molar-refractivity contribution in [3.63, 3.8) is 0 Å². The zero-order valence-corrected chi connectivity index (χ0v) is 15.4. The Bertz CT molecular complexity index is 842. The minimum Gasteiger partial charge on any atom is -0.471 e. The lowest BCUT2D eigenvalue weighted by Gasteiger charge is -2.18. The van der Waals surface area contributed by atoms with Crippen molar-refractivity contribution >= 4 is 11.7 Å². The number of carbonyl (C=O) groups is 1. The van der Waals surface area contributed by atoms with E-state index in [0.29, 0.717) is 31.1 Å². The van der Waals surface area contributed by atoms with Crippen molar-refractivity contribution in [1.29, 1.82) is 0 Å². The Morgan fingerprint density at radius 1 is 1.30 bits per heavy atom. The summed E-state index contributed by atoms with van der Waals surface area (Å²) in [6.45, 7) is 1.46. The van der Waals surface area contributed by atoms with Crippen molar-refractivity contribution in [2.45, 2.75) is 18.9 Å². The molecule has 2 aliphatic rings. The van der Waals surface area contributed by atoms with E-state index < -0.39 is 0 Å². The summed E-state index contributed by atoms with van der Waals surface area (Å²) in [4.78, 5) is 24.9. The molecule has 4 rings (SSSR count). The summed E-state index contributed by atoms with van der Waals surface area (Å²) in [5, 5.41) is 0. The number of hydrogen-bond donors (Lipinski definition) is 0. The fourth-order valence-corrected chi connectivity index (χ4v) is 3.17. The van der Waals surface area contributed by atoms with Gasteiger partial charge in [-0.05, 0) is 17.7 Å². The molecule has 8 nitrogen and oxygen atoms in total. The molecule has 27 heavy (non-hydrogen) atoms. The number of fused-ring (bicyclic) bond motifs is 1. The zero-order chi connectivity index (χ0) is 18.8. The maximum Gasteiger partial charge on any atom is 0.234 e. The second-order valence-corrected chi connectivity index (χ2v) is 6.84. The normalized spacial score (nSPS) is 17.9. The van der Waals surface area contributed by atoms with Crippen molar-refractivity contribution in [3.8, 4) is 17.4 Å². The summed E-state index contributed by atoms with van der Waals surface area (Å²) in [5.41, 5.74) is 0.915. The first-order valence-electron chi connectivity index (χ1n) is 8.91. The van der Waals surface area contributed by atoms with Crippen LogP contribution in [0.3, 0.4) is 0 Å². The first-order valence-corrected chi connectivity index (χ1v) is 8.91. The van der Waals surface area contributed by atoms with Crippen LogP contribution in [0.5, 0.6) is 17.4 Å². The SMILES string of the molecule is CN(C)c1cncc(O[C@@H]2CCN(C(=O)Cc3ccc4c(c3)OCO4)C2)n1. The molecule has 1 aromatic carbocycles. The summed E-state index contributed by atoms with van der Waals surface area (Å²) < 4.78 is 16.6. The van der Waals surface area contributed by atoms with E-state index in [9.17, 15) is 4.79 Å². The highest BCUT2D eigenvalue weighted by molar-refractivity contribution is 5.79. The van der Waals surface area contributed by atoms with Gasteiger partial charge in [0.05, 0.1) is 25.4 Å². The van der Waals surface area contributed by atoms with Gasteiger partial charge in [0.1, 0.15) is 6.10 Å². The molecule has 0 unspecified atom stereocenters. The lowest BCUT2D eigenvalue weighted by atomic mass is 10.1. The predicted octanol–water partition coefficient (Wildman–Crippen LogP) is 1.49. The van der Waals surface area contributed by atoms with E-state index in [1.54, 1.807) is 12.4 Å². The Hall–Kier alpha value is -3.03. The first kappa shape index (κ1) is 17.4. The lowest BCUT2D eigenvalue weighted by Crippen LogP contribution is -2.32. The first-order chi connectivity index (χ1) is 13.1. The molecule has 0 radical (unpaired) electrons. The third-order valence-corrected chi connectivity index (χ3v) is 4.64. The molecule has 1 amide bonds. The Balaban J connectivity index is 1.33. The van der Waals surface area contributed by atoms with Crippen LogP contribution >= 0.6 is 0 Å². The average molecular weight is 370 g/mol. The largest absolute Gasteiger partial charge is 0.471 e. The maximum atomic E-state index is 12.6. The van der Waals surface area contributed by atoms with Crippen LogP contribution in [0.15, 0.2) is 30.6 Å². The number of rotatable bonds is 5. The van der Waals surface area contributed by atoms with Crippen LogP contribution in [-0.4, -0.2) is 60.9 Å². The Morgan fingerprint density at radius 2 is 2.15 bits per heavy atom. The quantitative estimate of drug-likeness (QED) is 0.789. The van der Waals surface area contributed by atoms with Crippen molar-refractivity contribution in [2.24, 2.45) is 0 Å². The molecule has 1 saturated heterocycles. The Kier molecular flexibility index (Phi) is 4.70. The molecule has 0 spiro atoms. The van der Waals surface area contributed by atoms with Gasteiger partial charge >= 0.3 is 0 Å². The van der Waals surface area contributed by atoms with E-state index in [1.807, 2.05) is 42.1 Å². The van der Waals surface area contributed by atoms with Gasteiger partial charge in [-0.1, -0.05) is 6.07 Å². The van der Waals surface area contributed by atoms with Crippen molar-refractivity contribution in [3.05, 3.63) is 36.2 Å². The summed E-state index contributed by atoms with van der Waals surface area (Å²) in [5.74, 6) is 2.72. The van der Waals surface area contributed by atoms with Gasteiger partial charge in [-0.3, -0.25) is 9.78 Å². The number of likely N-dealkylation sites (tertiary alicyclic amines) is 1. The Labute approximate surface area is 157 Å². The maximum absolute atomic E-state index is 12.6. The van der Waals surface area contributed by atoms with Crippen LogP contribution < -0.4 is 19.1 Å². The fourth-order valence-electron chi connectivity index (χ4n) is 3.17. The molecule has 8 heteroatoms. The minimum atomic E-state index is -0.0718. The number of benzene rings is 1. The summed E-state index contributed by atoms with van der Waals surface area (Å²) in [7, 11) is 3.81. The lowest BCUT2D eigenvalue weighted by molar-refractivity contribution is -0.129. The molecule has 0 N–H and O–H groups in total. The zero-order valence-electron chi connectivity index (χ0n) is 15.4. The van der Waals surface area contributed by atoms with Gasteiger partial charge in [0.15, 0.2) is 17.3 Å². The third-order valence-electron chi connectivity index (χ3n) is 4.64.